The van der Waals surface area contributed by atoms with Crippen LogP contribution < -0.4 is 0 Å². The molecule has 0 bridgehead atoms. The summed E-state index contributed by atoms with van der Waals surface area (Å²) < 4.78 is 0. The van der Waals surface area contributed by atoms with Crippen molar-refractivity contribution in [2.75, 3.05) is 0 Å². The molecule has 0 unspecified atom stereocenters. The fourth-order valence-corrected chi connectivity index (χ4v) is 2.67. The average Bonchev–Trinajstić information content (AvgIpc) is 2.43. The molecule has 3 aromatic carbocycles. The van der Waals surface area contributed by atoms with Gasteiger partial charge in [-0.15, -0.1) is 0 Å². The van der Waals surface area contributed by atoms with Crippen LogP contribution in [0, 0.1) is 20.8 Å². The SMILES string of the molecule is Cc1ccc2cc(Cc3ccc(C)c(C)c3)ccc2c1. The number of benzene rings is 3. The molecule has 0 saturated heterocycles. The second-order valence-electron chi connectivity index (χ2n) is 5.78. The van der Waals surface area contributed by atoms with Gasteiger partial charge in [0.05, 0.1) is 0 Å². The maximum absolute atomic E-state index is 2.31. The summed E-state index contributed by atoms with van der Waals surface area (Å²) in [6.07, 6.45) is 1.00. The van der Waals surface area contributed by atoms with Gasteiger partial charge in [-0.2, -0.15) is 0 Å². The molecule has 100 valence electrons. The molecule has 3 rings (SSSR count). The lowest BCUT2D eigenvalue weighted by molar-refractivity contribution is 1.17. The Kier molecular flexibility index (Phi) is 3.31. The minimum absolute atomic E-state index is 1.00. The highest BCUT2D eigenvalue weighted by molar-refractivity contribution is 5.83. The first-order chi connectivity index (χ1) is 9.61. The van der Waals surface area contributed by atoms with E-state index in [9.17, 15) is 0 Å². The molecule has 20 heavy (non-hydrogen) atoms. The van der Waals surface area contributed by atoms with Crippen LogP contribution in [0.15, 0.2) is 54.6 Å². The third kappa shape index (κ3) is 2.60. The van der Waals surface area contributed by atoms with Gasteiger partial charge in [0, 0.05) is 0 Å². The van der Waals surface area contributed by atoms with Crippen molar-refractivity contribution in [2.45, 2.75) is 27.2 Å². The van der Waals surface area contributed by atoms with E-state index in [1.165, 1.54) is 38.6 Å². The van der Waals surface area contributed by atoms with E-state index in [1.54, 1.807) is 0 Å². The highest BCUT2D eigenvalue weighted by Gasteiger charge is 2.01. The van der Waals surface area contributed by atoms with Gasteiger partial charge in [0.1, 0.15) is 0 Å². The van der Waals surface area contributed by atoms with Crippen molar-refractivity contribution in [1.82, 2.24) is 0 Å². The number of hydrogen-bond acceptors (Lipinski definition) is 0. The zero-order valence-electron chi connectivity index (χ0n) is 12.4. The number of aryl methyl sites for hydroxylation is 3. The predicted molar refractivity (Wildman–Crippen MR) is 87.4 cm³/mol. The Morgan fingerprint density at radius 1 is 0.600 bits per heavy atom. The Bertz CT molecular complexity index is 766. The van der Waals surface area contributed by atoms with Crippen molar-refractivity contribution in [3.05, 3.63) is 82.4 Å². The second kappa shape index (κ2) is 5.13. The fraction of sp³-hybridized carbons (Fsp3) is 0.200. The summed E-state index contributed by atoms with van der Waals surface area (Å²) in [6.45, 7) is 6.49. The lowest BCUT2D eigenvalue weighted by Crippen LogP contribution is -1.91. The third-order valence-electron chi connectivity index (χ3n) is 4.04. The van der Waals surface area contributed by atoms with Crippen LogP contribution in [-0.4, -0.2) is 0 Å². The van der Waals surface area contributed by atoms with Gasteiger partial charge in [-0.05, 0) is 60.2 Å². The van der Waals surface area contributed by atoms with Gasteiger partial charge < -0.3 is 0 Å². The quantitative estimate of drug-likeness (QED) is 0.582. The minimum atomic E-state index is 1.00. The lowest BCUT2D eigenvalue weighted by atomic mass is 9.98. The van der Waals surface area contributed by atoms with Gasteiger partial charge in [-0.25, -0.2) is 0 Å². The van der Waals surface area contributed by atoms with E-state index in [-0.39, 0.29) is 0 Å². The first-order valence-electron chi connectivity index (χ1n) is 7.17. The lowest BCUT2D eigenvalue weighted by Gasteiger charge is -2.07. The maximum atomic E-state index is 2.31. The maximum Gasteiger partial charge on any atom is -0.00254 e. The van der Waals surface area contributed by atoms with Crippen LogP contribution in [0.4, 0.5) is 0 Å². The second-order valence-corrected chi connectivity index (χ2v) is 5.78. The molecule has 0 spiro atoms. The van der Waals surface area contributed by atoms with Crippen LogP contribution >= 0.6 is 0 Å². The van der Waals surface area contributed by atoms with Gasteiger partial charge in [-0.1, -0.05) is 60.2 Å². The zero-order valence-corrected chi connectivity index (χ0v) is 12.4. The van der Waals surface area contributed by atoms with Crippen LogP contribution in [0.3, 0.4) is 0 Å². The molecule has 0 radical (unpaired) electrons. The van der Waals surface area contributed by atoms with E-state index in [4.69, 9.17) is 0 Å². The predicted octanol–water partition coefficient (Wildman–Crippen LogP) is 5.36. The number of hydrogen-bond donors (Lipinski definition) is 0. The summed E-state index contributed by atoms with van der Waals surface area (Å²) in [5.74, 6) is 0. The molecule has 0 nitrogen and oxygen atoms in total. The summed E-state index contributed by atoms with van der Waals surface area (Å²) in [4.78, 5) is 0. The fourth-order valence-electron chi connectivity index (χ4n) is 2.67. The standard InChI is InChI=1S/C20H20/c1-14-4-8-20-13-18(7-9-19(20)10-14)12-17-6-5-15(2)16(3)11-17/h4-11,13H,12H2,1-3H3. The normalized spacial score (nSPS) is 10.9. The Balaban J connectivity index is 1.94. The topological polar surface area (TPSA) is 0 Å². The highest BCUT2D eigenvalue weighted by atomic mass is 14.1. The first-order valence-corrected chi connectivity index (χ1v) is 7.17. The molecule has 0 aromatic heterocycles. The highest BCUT2D eigenvalue weighted by Crippen LogP contribution is 2.20. The summed E-state index contributed by atoms with van der Waals surface area (Å²) in [5.41, 5.74) is 6.82. The molecule has 0 aliphatic heterocycles. The van der Waals surface area contributed by atoms with Gasteiger partial charge in [0.2, 0.25) is 0 Å². The van der Waals surface area contributed by atoms with E-state index in [0.29, 0.717) is 0 Å². The summed E-state index contributed by atoms with van der Waals surface area (Å²) in [6, 6.07) is 20.2. The molecule has 0 aliphatic rings. The molecular weight excluding hydrogens is 240 g/mol. The molecule has 3 aromatic rings. The Labute approximate surface area is 121 Å². The largest absolute Gasteiger partial charge is 0.0588 e. The van der Waals surface area contributed by atoms with Crippen molar-refractivity contribution in [1.29, 1.82) is 0 Å². The van der Waals surface area contributed by atoms with Gasteiger partial charge >= 0.3 is 0 Å². The molecule has 0 heteroatoms. The molecule has 0 saturated carbocycles. The van der Waals surface area contributed by atoms with E-state index in [2.05, 4.69) is 75.4 Å². The van der Waals surface area contributed by atoms with Gasteiger partial charge in [0.25, 0.3) is 0 Å². The Morgan fingerprint density at radius 2 is 1.25 bits per heavy atom. The third-order valence-corrected chi connectivity index (χ3v) is 4.04. The molecule has 0 N–H and O–H groups in total. The van der Waals surface area contributed by atoms with E-state index >= 15 is 0 Å². The van der Waals surface area contributed by atoms with Crippen LogP contribution in [0.2, 0.25) is 0 Å². The van der Waals surface area contributed by atoms with Crippen LogP contribution in [0.5, 0.6) is 0 Å². The first kappa shape index (κ1) is 12.9. The summed E-state index contributed by atoms with van der Waals surface area (Å²) >= 11 is 0. The summed E-state index contributed by atoms with van der Waals surface area (Å²) in [5, 5.41) is 2.66. The average molecular weight is 260 g/mol. The van der Waals surface area contributed by atoms with E-state index in [0.717, 1.165) is 6.42 Å². The van der Waals surface area contributed by atoms with Crippen molar-refractivity contribution in [3.63, 3.8) is 0 Å². The number of rotatable bonds is 2. The smallest absolute Gasteiger partial charge is 0.00254 e. The van der Waals surface area contributed by atoms with E-state index in [1.807, 2.05) is 0 Å². The molecule has 0 fully saturated rings. The molecule has 0 aliphatic carbocycles. The molecule has 0 amide bonds. The van der Waals surface area contributed by atoms with Gasteiger partial charge in [0.15, 0.2) is 0 Å². The van der Waals surface area contributed by atoms with Crippen LogP contribution in [0.1, 0.15) is 27.8 Å². The van der Waals surface area contributed by atoms with Crippen LogP contribution in [-0.2, 0) is 6.42 Å². The van der Waals surface area contributed by atoms with Crippen molar-refractivity contribution < 1.29 is 0 Å². The zero-order chi connectivity index (χ0) is 14.1. The molecule has 0 heterocycles. The molecule has 0 atom stereocenters. The minimum Gasteiger partial charge on any atom is -0.0588 e. The Morgan fingerprint density at radius 3 is 2.05 bits per heavy atom. The molecular formula is C20H20. The van der Waals surface area contributed by atoms with Crippen molar-refractivity contribution in [2.24, 2.45) is 0 Å². The van der Waals surface area contributed by atoms with Gasteiger partial charge in [-0.3, -0.25) is 0 Å². The number of fused-ring (bicyclic) bond motifs is 1. The monoisotopic (exact) mass is 260 g/mol. The van der Waals surface area contributed by atoms with E-state index < -0.39 is 0 Å². The van der Waals surface area contributed by atoms with Crippen molar-refractivity contribution in [3.8, 4) is 0 Å². The van der Waals surface area contributed by atoms with Crippen LogP contribution in [0.25, 0.3) is 10.8 Å². The Hall–Kier alpha value is -2.08. The summed E-state index contributed by atoms with van der Waals surface area (Å²) in [7, 11) is 0. The van der Waals surface area contributed by atoms with Crippen molar-refractivity contribution >= 4 is 10.8 Å².